The molecule has 0 unspecified atom stereocenters. The monoisotopic (exact) mass is 342 g/mol. The number of hydrogen-bond donors (Lipinski definition) is 2. The van der Waals surface area contributed by atoms with Crippen LogP contribution in [0.4, 0.5) is 0 Å². The first-order valence-corrected chi connectivity index (χ1v) is 8.42. The highest BCUT2D eigenvalue weighted by Crippen LogP contribution is 2.27. The molecule has 6 nitrogen and oxygen atoms in total. The second-order valence-corrected chi connectivity index (χ2v) is 6.45. The lowest BCUT2D eigenvalue weighted by Gasteiger charge is -2.06. The van der Waals surface area contributed by atoms with Gasteiger partial charge in [-0.3, -0.25) is 14.3 Å². The molecule has 0 atom stereocenters. The Bertz CT molecular complexity index is 848. The van der Waals surface area contributed by atoms with Crippen LogP contribution in [-0.4, -0.2) is 34.7 Å². The van der Waals surface area contributed by atoms with E-state index in [-0.39, 0.29) is 11.8 Å². The van der Waals surface area contributed by atoms with Gasteiger partial charge in [0, 0.05) is 31.1 Å². The second kappa shape index (κ2) is 6.84. The zero-order valence-electron chi connectivity index (χ0n) is 13.5. The molecule has 0 bridgehead atoms. The number of carbonyl (C=O) groups excluding carboxylic acids is 2. The lowest BCUT2D eigenvalue weighted by Crippen LogP contribution is -2.34. The molecule has 0 spiro atoms. The third-order valence-electron chi connectivity index (χ3n) is 3.65. The summed E-state index contributed by atoms with van der Waals surface area (Å²) < 4.78 is 1.78. The van der Waals surface area contributed by atoms with E-state index >= 15 is 0 Å². The molecule has 3 aromatic rings. The molecular formula is C17H18N4O2S. The van der Waals surface area contributed by atoms with Crippen molar-refractivity contribution >= 4 is 33.4 Å². The number of amides is 2. The van der Waals surface area contributed by atoms with Gasteiger partial charge < -0.3 is 10.6 Å². The molecule has 0 aliphatic carbocycles. The van der Waals surface area contributed by atoms with Crippen molar-refractivity contribution in [1.29, 1.82) is 0 Å². The molecule has 2 aromatic heterocycles. The molecule has 2 amide bonds. The molecule has 124 valence electrons. The standard InChI is InChI=1S/C17H18N4O2S/c1-11-13-10-14(24-17(13)21(2)20-11)16(23)19-9-8-18-15(22)12-6-4-3-5-7-12/h3-7,10H,8-9H2,1-2H3,(H,18,22)(H,19,23). The Labute approximate surface area is 143 Å². The van der Waals surface area contributed by atoms with E-state index in [1.54, 1.807) is 16.8 Å². The maximum Gasteiger partial charge on any atom is 0.261 e. The Kier molecular flexibility index (Phi) is 4.61. The Morgan fingerprint density at radius 2 is 1.79 bits per heavy atom. The third-order valence-corrected chi connectivity index (χ3v) is 4.85. The average Bonchev–Trinajstić information content (AvgIpc) is 3.14. The molecule has 0 aliphatic rings. The molecule has 0 saturated heterocycles. The molecule has 3 rings (SSSR count). The zero-order valence-corrected chi connectivity index (χ0v) is 14.3. The highest BCUT2D eigenvalue weighted by atomic mass is 32.1. The van der Waals surface area contributed by atoms with Gasteiger partial charge in [0.05, 0.1) is 10.6 Å². The highest BCUT2D eigenvalue weighted by Gasteiger charge is 2.14. The van der Waals surface area contributed by atoms with Gasteiger partial charge in [0.25, 0.3) is 11.8 Å². The number of rotatable bonds is 5. The van der Waals surface area contributed by atoms with E-state index in [1.807, 2.05) is 38.2 Å². The van der Waals surface area contributed by atoms with E-state index < -0.39 is 0 Å². The van der Waals surface area contributed by atoms with Crippen molar-refractivity contribution < 1.29 is 9.59 Å². The molecule has 0 radical (unpaired) electrons. The van der Waals surface area contributed by atoms with Crippen LogP contribution in [0.1, 0.15) is 25.7 Å². The first-order valence-electron chi connectivity index (χ1n) is 7.61. The maximum atomic E-state index is 12.2. The first kappa shape index (κ1) is 16.2. The van der Waals surface area contributed by atoms with Crippen molar-refractivity contribution in [2.45, 2.75) is 6.92 Å². The van der Waals surface area contributed by atoms with Crippen LogP contribution >= 0.6 is 11.3 Å². The Hall–Kier alpha value is -2.67. The third kappa shape index (κ3) is 3.30. The number of benzene rings is 1. The van der Waals surface area contributed by atoms with Gasteiger partial charge in [0.1, 0.15) is 4.83 Å². The lowest BCUT2D eigenvalue weighted by atomic mass is 10.2. The van der Waals surface area contributed by atoms with Gasteiger partial charge in [-0.2, -0.15) is 5.10 Å². The minimum atomic E-state index is -0.145. The summed E-state index contributed by atoms with van der Waals surface area (Å²) in [6.45, 7) is 2.68. The van der Waals surface area contributed by atoms with E-state index in [0.717, 1.165) is 15.9 Å². The number of carbonyl (C=O) groups is 2. The van der Waals surface area contributed by atoms with Gasteiger partial charge in [-0.25, -0.2) is 0 Å². The Balaban J connectivity index is 1.52. The number of hydrogen-bond acceptors (Lipinski definition) is 4. The van der Waals surface area contributed by atoms with Gasteiger partial charge in [0.2, 0.25) is 0 Å². The van der Waals surface area contributed by atoms with Crippen molar-refractivity contribution in [2.24, 2.45) is 7.05 Å². The predicted molar refractivity (Wildman–Crippen MR) is 94.4 cm³/mol. The summed E-state index contributed by atoms with van der Waals surface area (Å²) in [4.78, 5) is 25.7. The van der Waals surface area contributed by atoms with Crippen molar-refractivity contribution in [3.8, 4) is 0 Å². The molecule has 0 saturated carbocycles. The molecule has 0 fully saturated rings. The fourth-order valence-corrected chi connectivity index (χ4v) is 3.49. The molecular weight excluding hydrogens is 324 g/mol. The molecule has 0 aliphatic heterocycles. The predicted octanol–water partition coefficient (Wildman–Crippen LogP) is 2.10. The van der Waals surface area contributed by atoms with E-state index in [0.29, 0.717) is 23.5 Å². The summed E-state index contributed by atoms with van der Waals surface area (Å²) in [5.41, 5.74) is 1.52. The van der Waals surface area contributed by atoms with Crippen molar-refractivity contribution in [3.63, 3.8) is 0 Å². The Morgan fingerprint density at radius 1 is 1.12 bits per heavy atom. The minimum absolute atomic E-state index is 0.135. The number of nitrogens with zero attached hydrogens (tertiary/aromatic N) is 2. The average molecular weight is 342 g/mol. The van der Waals surface area contributed by atoms with Gasteiger partial charge >= 0.3 is 0 Å². The first-order chi connectivity index (χ1) is 11.6. The van der Waals surface area contributed by atoms with Crippen LogP contribution in [0.3, 0.4) is 0 Å². The van der Waals surface area contributed by atoms with E-state index in [4.69, 9.17) is 0 Å². The highest BCUT2D eigenvalue weighted by molar-refractivity contribution is 7.20. The summed E-state index contributed by atoms with van der Waals surface area (Å²) in [5.74, 6) is -0.280. The van der Waals surface area contributed by atoms with Crippen LogP contribution in [0.5, 0.6) is 0 Å². The smallest absolute Gasteiger partial charge is 0.261 e. The normalized spacial score (nSPS) is 10.8. The van der Waals surface area contributed by atoms with Crippen molar-refractivity contribution in [2.75, 3.05) is 13.1 Å². The van der Waals surface area contributed by atoms with E-state index in [9.17, 15) is 9.59 Å². The number of nitrogens with one attached hydrogen (secondary N) is 2. The molecule has 24 heavy (non-hydrogen) atoms. The Morgan fingerprint density at radius 3 is 2.46 bits per heavy atom. The summed E-state index contributed by atoms with van der Waals surface area (Å²) in [6, 6.07) is 10.9. The van der Waals surface area contributed by atoms with Crippen LogP contribution in [0.2, 0.25) is 0 Å². The molecule has 1 aromatic carbocycles. The number of aryl methyl sites for hydroxylation is 2. The zero-order chi connectivity index (χ0) is 17.1. The molecule has 2 heterocycles. The van der Waals surface area contributed by atoms with Crippen molar-refractivity contribution in [1.82, 2.24) is 20.4 Å². The SMILES string of the molecule is Cc1nn(C)c2sc(C(=O)NCCNC(=O)c3ccccc3)cc12. The van der Waals surface area contributed by atoms with Gasteiger partial charge in [-0.05, 0) is 25.1 Å². The van der Waals surface area contributed by atoms with Crippen LogP contribution in [0.15, 0.2) is 36.4 Å². The van der Waals surface area contributed by atoms with Gasteiger partial charge in [-0.1, -0.05) is 18.2 Å². The summed E-state index contributed by atoms with van der Waals surface area (Å²) >= 11 is 1.42. The summed E-state index contributed by atoms with van der Waals surface area (Å²) in [5, 5.41) is 10.9. The molecule has 2 N–H and O–H groups in total. The maximum absolute atomic E-state index is 12.2. The summed E-state index contributed by atoms with van der Waals surface area (Å²) in [7, 11) is 1.87. The number of thiophene rings is 1. The van der Waals surface area contributed by atoms with E-state index in [2.05, 4.69) is 15.7 Å². The van der Waals surface area contributed by atoms with Crippen LogP contribution < -0.4 is 10.6 Å². The van der Waals surface area contributed by atoms with E-state index in [1.165, 1.54) is 11.3 Å². The quantitative estimate of drug-likeness (QED) is 0.697. The summed E-state index contributed by atoms with van der Waals surface area (Å²) in [6.07, 6.45) is 0. The van der Waals surface area contributed by atoms with Crippen LogP contribution in [0, 0.1) is 6.92 Å². The van der Waals surface area contributed by atoms with Gasteiger partial charge in [-0.15, -0.1) is 11.3 Å². The van der Waals surface area contributed by atoms with Crippen LogP contribution in [0.25, 0.3) is 10.2 Å². The fourth-order valence-electron chi connectivity index (χ4n) is 2.45. The number of aromatic nitrogens is 2. The molecule has 7 heteroatoms. The van der Waals surface area contributed by atoms with Crippen molar-refractivity contribution in [3.05, 3.63) is 52.5 Å². The topological polar surface area (TPSA) is 76.0 Å². The largest absolute Gasteiger partial charge is 0.350 e. The second-order valence-electron chi connectivity index (χ2n) is 5.42. The fraction of sp³-hybridized carbons (Fsp3) is 0.235. The number of fused-ring (bicyclic) bond motifs is 1. The minimum Gasteiger partial charge on any atom is -0.350 e. The van der Waals surface area contributed by atoms with Gasteiger partial charge in [0.15, 0.2) is 0 Å². The van der Waals surface area contributed by atoms with Crippen LogP contribution in [-0.2, 0) is 7.05 Å². The lowest BCUT2D eigenvalue weighted by molar-refractivity contribution is 0.0929.